The van der Waals surface area contributed by atoms with Crippen molar-refractivity contribution in [2.24, 2.45) is 5.92 Å². The van der Waals surface area contributed by atoms with E-state index in [1.807, 2.05) is 20.8 Å². The van der Waals surface area contributed by atoms with Gasteiger partial charge in [0.1, 0.15) is 5.60 Å². The zero-order chi connectivity index (χ0) is 12.9. The zero-order valence-corrected chi connectivity index (χ0v) is 11.5. The smallest absolute Gasteiger partial charge is 0.422 e. The predicted molar refractivity (Wildman–Crippen MR) is 68.5 cm³/mol. The topological polar surface area (TPSA) is 50.4 Å². The lowest BCUT2D eigenvalue weighted by molar-refractivity contribution is 0.0470. The van der Waals surface area contributed by atoms with Gasteiger partial charge in [0, 0.05) is 6.04 Å². The van der Waals surface area contributed by atoms with Gasteiger partial charge in [0.2, 0.25) is 0 Å². The van der Waals surface area contributed by atoms with Crippen molar-refractivity contribution in [3.05, 3.63) is 0 Å². The van der Waals surface area contributed by atoms with Crippen LogP contribution >= 0.6 is 0 Å². The van der Waals surface area contributed by atoms with Gasteiger partial charge >= 0.3 is 6.09 Å². The maximum Gasteiger partial charge on any atom is 0.422 e. The van der Waals surface area contributed by atoms with Crippen LogP contribution in [0.2, 0.25) is 0 Å². The average molecular weight is 242 g/mol. The summed E-state index contributed by atoms with van der Waals surface area (Å²) in [6.45, 7) is 7.80. The van der Waals surface area contributed by atoms with Crippen LogP contribution in [0.4, 0.5) is 4.79 Å². The molecule has 1 aliphatic rings. The molecule has 2 atom stereocenters. The van der Waals surface area contributed by atoms with Crippen LogP contribution in [0.25, 0.3) is 0 Å². The van der Waals surface area contributed by atoms with Gasteiger partial charge in [0.15, 0.2) is 0 Å². The highest BCUT2D eigenvalue weighted by molar-refractivity contribution is 5.67. The first kappa shape index (κ1) is 14.3. The van der Waals surface area contributed by atoms with Gasteiger partial charge in [-0.05, 0) is 39.5 Å². The molecular formula is C13H26N2O2. The second-order valence-corrected chi connectivity index (χ2v) is 5.83. The number of nitrogens with one attached hydrogen (secondary N) is 2. The van der Waals surface area contributed by atoms with E-state index in [1.54, 1.807) is 0 Å². The maximum atomic E-state index is 11.5. The standard InChI is InChI=1S/C13H26N2O2/c1-5-10-8-6-7-9-11(10)14-15-12(16)17-13(2,3)4/h10-11,14H,5-9H2,1-4H3,(H,15,16). The van der Waals surface area contributed by atoms with Crippen LogP contribution in [-0.4, -0.2) is 17.7 Å². The Balaban J connectivity index is 2.31. The highest BCUT2D eigenvalue weighted by Gasteiger charge is 2.24. The largest absolute Gasteiger partial charge is 0.443 e. The summed E-state index contributed by atoms with van der Waals surface area (Å²) < 4.78 is 5.19. The van der Waals surface area contributed by atoms with Gasteiger partial charge in [-0.3, -0.25) is 5.43 Å². The molecule has 4 heteroatoms. The first-order valence-corrected chi connectivity index (χ1v) is 6.67. The van der Waals surface area contributed by atoms with Gasteiger partial charge in [0.05, 0.1) is 0 Å². The van der Waals surface area contributed by atoms with Crippen LogP contribution in [0.5, 0.6) is 0 Å². The van der Waals surface area contributed by atoms with E-state index in [0.717, 1.165) is 12.8 Å². The Hall–Kier alpha value is -0.770. The van der Waals surface area contributed by atoms with E-state index in [1.165, 1.54) is 19.3 Å². The molecule has 17 heavy (non-hydrogen) atoms. The summed E-state index contributed by atoms with van der Waals surface area (Å²) in [6, 6.07) is 0.390. The molecule has 2 unspecified atom stereocenters. The monoisotopic (exact) mass is 242 g/mol. The van der Waals surface area contributed by atoms with Crippen molar-refractivity contribution < 1.29 is 9.53 Å². The van der Waals surface area contributed by atoms with Crippen molar-refractivity contribution >= 4 is 6.09 Å². The Morgan fingerprint density at radius 3 is 2.53 bits per heavy atom. The third-order valence-electron chi connectivity index (χ3n) is 3.19. The molecule has 0 aromatic heterocycles. The Labute approximate surface area is 104 Å². The van der Waals surface area contributed by atoms with E-state index < -0.39 is 11.7 Å². The summed E-state index contributed by atoms with van der Waals surface area (Å²) in [5.41, 5.74) is 5.34. The van der Waals surface area contributed by atoms with E-state index in [2.05, 4.69) is 17.8 Å². The molecule has 1 fully saturated rings. The molecule has 1 rings (SSSR count). The molecule has 0 bridgehead atoms. The fourth-order valence-electron chi connectivity index (χ4n) is 2.34. The second kappa shape index (κ2) is 6.24. The summed E-state index contributed by atoms with van der Waals surface area (Å²) in [6.07, 6.45) is 5.71. The van der Waals surface area contributed by atoms with Crippen molar-refractivity contribution in [2.45, 2.75) is 71.4 Å². The molecule has 1 aliphatic carbocycles. The molecule has 2 N–H and O–H groups in total. The van der Waals surface area contributed by atoms with Gasteiger partial charge < -0.3 is 4.74 Å². The molecule has 0 radical (unpaired) electrons. The Morgan fingerprint density at radius 1 is 1.29 bits per heavy atom. The first-order valence-electron chi connectivity index (χ1n) is 6.67. The maximum absolute atomic E-state index is 11.5. The highest BCUT2D eigenvalue weighted by Crippen LogP contribution is 2.26. The fraction of sp³-hybridized carbons (Fsp3) is 0.923. The molecule has 0 aromatic rings. The van der Waals surface area contributed by atoms with E-state index in [9.17, 15) is 4.79 Å². The number of carbonyl (C=O) groups is 1. The van der Waals surface area contributed by atoms with Gasteiger partial charge in [-0.25, -0.2) is 10.2 Å². The second-order valence-electron chi connectivity index (χ2n) is 5.83. The van der Waals surface area contributed by atoms with Crippen molar-refractivity contribution in [3.8, 4) is 0 Å². The molecule has 0 saturated heterocycles. The van der Waals surface area contributed by atoms with Crippen molar-refractivity contribution in [1.29, 1.82) is 0 Å². The normalized spacial score (nSPS) is 25.4. The van der Waals surface area contributed by atoms with Crippen LogP contribution in [0, 0.1) is 5.92 Å². The van der Waals surface area contributed by atoms with Gasteiger partial charge in [0.25, 0.3) is 0 Å². The Kier molecular flexibility index (Phi) is 5.25. The van der Waals surface area contributed by atoms with E-state index >= 15 is 0 Å². The number of hydrogen-bond donors (Lipinski definition) is 2. The van der Waals surface area contributed by atoms with Crippen molar-refractivity contribution in [3.63, 3.8) is 0 Å². The van der Waals surface area contributed by atoms with E-state index in [4.69, 9.17) is 4.74 Å². The number of carbonyl (C=O) groups excluding carboxylic acids is 1. The first-order chi connectivity index (χ1) is 7.92. The van der Waals surface area contributed by atoms with Crippen LogP contribution < -0.4 is 10.9 Å². The van der Waals surface area contributed by atoms with Crippen LogP contribution in [0.15, 0.2) is 0 Å². The molecule has 0 spiro atoms. The third-order valence-corrected chi connectivity index (χ3v) is 3.19. The number of amides is 1. The number of ether oxygens (including phenoxy) is 1. The Bertz CT molecular complexity index is 248. The summed E-state index contributed by atoms with van der Waals surface area (Å²) in [4.78, 5) is 11.5. The predicted octanol–water partition coefficient (Wildman–Crippen LogP) is 2.98. The number of hydrogen-bond acceptors (Lipinski definition) is 3. The molecule has 0 aromatic carbocycles. The minimum atomic E-state index is -0.442. The minimum Gasteiger partial charge on any atom is -0.443 e. The molecule has 4 nitrogen and oxygen atoms in total. The Morgan fingerprint density at radius 2 is 1.94 bits per heavy atom. The lowest BCUT2D eigenvalue weighted by Gasteiger charge is -2.31. The van der Waals surface area contributed by atoms with Gasteiger partial charge in [-0.15, -0.1) is 0 Å². The summed E-state index contributed by atoms with van der Waals surface area (Å²) in [5, 5.41) is 0. The quantitative estimate of drug-likeness (QED) is 0.748. The summed E-state index contributed by atoms with van der Waals surface area (Å²) in [5.74, 6) is 0.665. The van der Waals surface area contributed by atoms with Gasteiger partial charge in [-0.1, -0.05) is 26.2 Å². The molecule has 0 heterocycles. The fourth-order valence-corrected chi connectivity index (χ4v) is 2.34. The number of hydrazine groups is 1. The SMILES string of the molecule is CCC1CCCCC1NNC(=O)OC(C)(C)C. The van der Waals surface area contributed by atoms with Crippen molar-refractivity contribution in [2.75, 3.05) is 0 Å². The average Bonchev–Trinajstić information content (AvgIpc) is 2.24. The number of rotatable bonds is 3. The molecule has 0 aliphatic heterocycles. The zero-order valence-electron chi connectivity index (χ0n) is 11.5. The lowest BCUT2D eigenvalue weighted by Crippen LogP contribution is -2.50. The van der Waals surface area contributed by atoms with Gasteiger partial charge in [-0.2, -0.15) is 0 Å². The highest BCUT2D eigenvalue weighted by atomic mass is 16.6. The van der Waals surface area contributed by atoms with Crippen LogP contribution in [0.3, 0.4) is 0 Å². The van der Waals surface area contributed by atoms with Crippen LogP contribution in [0.1, 0.15) is 59.8 Å². The molecule has 1 saturated carbocycles. The third kappa shape index (κ3) is 5.39. The minimum absolute atomic E-state index is 0.390. The van der Waals surface area contributed by atoms with Crippen LogP contribution in [-0.2, 0) is 4.74 Å². The molecule has 100 valence electrons. The molecule has 1 amide bonds. The summed E-state index contributed by atoms with van der Waals surface area (Å²) >= 11 is 0. The molecular weight excluding hydrogens is 216 g/mol. The van der Waals surface area contributed by atoms with Crippen molar-refractivity contribution in [1.82, 2.24) is 10.9 Å². The van der Waals surface area contributed by atoms with E-state index in [-0.39, 0.29) is 0 Å². The van der Waals surface area contributed by atoms with E-state index in [0.29, 0.717) is 12.0 Å². The summed E-state index contributed by atoms with van der Waals surface area (Å²) in [7, 11) is 0. The lowest BCUT2D eigenvalue weighted by atomic mass is 9.83.